The minimum Gasteiger partial charge on any atom is -0.453 e. The number of ether oxygens (including phenoxy) is 1. The number of methoxy groups -OCH3 is 1. The Bertz CT molecular complexity index is 1090. The molecule has 2 saturated heterocycles. The molecule has 1 aromatic rings. The minimum absolute atomic E-state index is 0.0549. The second kappa shape index (κ2) is 8.59. The molecule has 0 unspecified atom stereocenters. The molecule has 194 valence electrons. The first kappa shape index (κ1) is 25.3. The van der Waals surface area contributed by atoms with Crippen LogP contribution < -0.4 is 10.8 Å². The molecule has 5 rings (SSSR count). The Labute approximate surface area is 214 Å². The van der Waals surface area contributed by atoms with Crippen LogP contribution in [0.5, 0.6) is 0 Å². The number of amides is 2. The zero-order valence-corrected chi connectivity index (χ0v) is 22.5. The number of carbonyl (C=O) groups excluding carboxylic acids is 2. The highest BCUT2D eigenvalue weighted by atomic mass is 16.7. The van der Waals surface area contributed by atoms with E-state index in [-0.39, 0.29) is 23.3 Å². The number of hydrogen-bond acceptors (Lipinski definition) is 6. The molecule has 1 aliphatic carbocycles. The molecular weight excluding hydrogens is 457 g/mol. The molecule has 3 fully saturated rings. The van der Waals surface area contributed by atoms with E-state index in [4.69, 9.17) is 19.0 Å². The molecule has 1 N–H and O–H groups in total. The summed E-state index contributed by atoms with van der Waals surface area (Å²) in [6, 6.07) is 5.51. The Morgan fingerprint density at radius 3 is 2.42 bits per heavy atom. The van der Waals surface area contributed by atoms with E-state index in [2.05, 4.69) is 39.1 Å². The fourth-order valence-corrected chi connectivity index (χ4v) is 5.57. The van der Waals surface area contributed by atoms with Crippen molar-refractivity contribution in [3.8, 4) is 0 Å². The molecular formula is C27H38BN3O5. The molecule has 36 heavy (non-hydrogen) atoms. The largest absolute Gasteiger partial charge is 0.494 e. The van der Waals surface area contributed by atoms with E-state index in [1.807, 2.05) is 30.9 Å². The van der Waals surface area contributed by atoms with Gasteiger partial charge in [0, 0.05) is 18.7 Å². The lowest BCUT2D eigenvalue weighted by Gasteiger charge is -2.32. The maximum atomic E-state index is 13.7. The van der Waals surface area contributed by atoms with Crippen LogP contribution in [-0.2, 0) is 25.3 Å². The lowest BCUT2D eigenvalue weighted by Crippen LogP contribution is -2.53. The Hall–Kier alpha value is -2.39. The minimum atomic E-state index is -0.631. The van der Waals surface area contributed by atoms with Crippen molar-refractivity contribution >= 4 is 36.0 Å². The number of nitrogens with one attached hydrogen (secondary N) is 1. The third kappa shape index (κ3) is 4.34. The highest BCUT2D eigenvalue weighted by Crippen LogP contribution is 2.55. The number of carbonyl (C=O) groups is 2. The van der Waals surface area contributed by atoms with E-state index < -0.39 is 30.5 Å². The lowest BCUT2D eigenvalue weighted by molar-refractivity contribution is -0.134. The molecule has 9 heteroatoms. The van der Waals surface area contributed by atoms with Gasteiger partial charge in [-0.2, -0.15) is 0 Å². The van der Waals surface area contributed by atoms with E-state index in [1.165, 1.54) is 7.11 Å². The fourth-order valence-electron chi connectivity index (χ4n) is 5.57. The smallest absolute Gasteiger partial charge is 0.453 e. The Balaban J connectivity index is 1.35. The molecule has 2 atom stereocenters. The van der Waals surface area contributed by atoms with Crippen LogP contribution in [0.1, 0.15) is 66.4 Å². The molecule has 0 aromatic heterocycles. The van der Waals surface area contributed by atoms with Crippen LogP contribution in [0.2, 0.25) is 0 Å². The predicted molar refractivity (Wildman–Crippen MR) is 139 cm³/mol. The molecule has 2 amide bonds. The first-order chi connectivity index (χ1) is 16.8. The van der Waals surface area contributed by atoms with Crippen LogP contribution in [0.15, 0.2) is 23.2 Å². The molecule has 0 radical (unpaired) electrons. The normalized spacial score (nSPS) is 25.7. The van der Waals surface area contributed by atoms with Gasteiger partial charge in [0.25, 0.3) is 0 Å². The zero-order valence-electron chi connectivity index (χ0n) is 22.5. The number of fused-ring (bicyclic) bond motifs is 1. The lowest BCUT2D eigenvalue weighted by atomic mass is 9.78. The standard InChI is InChI=1S/C27H38BN3O5/c1-16(2)22(30-24(33)34-7)23(32)31-15-27(10-11-27)14-21(31)20-13-17-12-18(8-9-19(17)29-20)28-35-25(3,4)26(5,6)36-28/h8-9,12,16,21-22H,10-11,13-15H2,1-7H3,(H,30,33)/t21-,22-/m0/s1. The summed E-state index contributed by atoms with van der Waals surface area (Å²) in [5.74, 6) is -0.112. The van der Waals surface area contributed by atoms with Gasteiger partial charge < -0.3 is 24.3 Å². The molecule has 1 aromatic carbocycles. The average Bonchev–Trinajstić information content (AvgIpc) is 3.16. The number of nitrogens with zero attached hydrogens (tertiary/aromatic N) is 2. The van der Waals surface area contributed by atoms with Crippen LogP contribution in [-0.4, -0.2) is 66.7 Å². The van der Waals surface area contributed by atoms with Gasteiger partial charge in [0.2, 0.25) is 5.91 Å². The van der Waals surface area contributed by atoms with E-state index in [9.17, 15) is 9.59 Å². The number of rotatable bonds is 5. The average molecular weight is 495 g/mol. The van der Waals surface area contributed by atoms with Crippen molar-refractivity contribution in [1.29, 1.82) is 0 Å². The van der Waals surface area contributed by atoms with Gasteiger partial charge in [0.05, 0.1) is 30.0 Å². The van der Waals surface area contributed by atoms with Crippen molar-refractivity contribution in [2.75, 3.05) is 13.7 Å². The summed E-state index contributed by atoms with van der Waals surface area (Å²) < 4.78 is 17.3. The maximum absolute atomic E-state index is 13.7. The van der Waals surface area contributed by atoms with Crippen LogP contribution in [0.3, 0.4) is 0 Å². The van der Waals surface area contributed by atoms with Gasteiger partial charge >= 0.3 is 13.2 Å². The van der Waals surface area contributed by atoms with Gasteiger partial charge in [0.1, 0.15) is 6.04 Å². The predicted octanol–water partition coefficient (Wildman–Crippen LogP) is 3.38. The summed E-state index contributed by atoms with van der Waals surface area (Å²) in [5, 5.41) is 2.75. The van der Waals surface area contributed by atoms with Gasteiger partial charge in [-0.3, -0.25) is 9.79 Å². The van der Waals surface area contributed by atoms with E-state index in [1.54, 1.807) is 0 Å². The Kier molecular flexibility index (Phi) is 6.03. The molecule has 4 aliphatic rings. The molecule has 8 nitrogen and oxygen atoms in total. The van der Waals surface area contributed by atoms with Crippen molar-refractivity contribution in [3.63, 3.8) is 0 Å². The summed E-state index contributed by atoms with van der Waals surface area (Å²) in [6.45, 7) is 12.8. The third-order valence-corrected chi connectivity index (χ3v) is 8.79. The second-order valence-corrected chi connectivity index (χ2v) is 12.3. The highest BCUT2D eigenvalue weighted by Gasteiger charge is 2.56. The maximum Gasteiger partial charge on any atom is 0.494 e. The number of hydrogen-bond donors (Lipinski definition) is 1. The number of aliphatic imine (C=N–C) groups is 1. The topological polar surface area (TPSA) is 89.5 Å². The summed E-state index contributed by atoms with van der Waals surface area (Å²) >= 11 is 0. The van der Waals surface area contributed by atoms with Crippen molar-refractivity contribution in [2.45, 2.75) is 90.5 Å². The van der Waals surface area contributed by atoms with Crippen LogP contribution in [0.4, 0.5) is 10.5 Å². The van der Waals surface area contributed by atoms with Gasteiger partial charge in [-0.25, -0.2) is 4.79 Å². The van der Waals surface area contributed by atoms with Gasteiger partial charge in [0.15, 0.2) is 0 Å². The molecule has 3 aliphatic heterocycles. The van der Waals surface area contributed by atoms with E-state index in [0.717, 1.165) is 48.2 Å². The van der Waals surface area contributed by atoms with Crippen molar-refractivity contribution < 1.29 is 23.6 Å². The summed E-state index contributed by atoms with van der Waals surface area (Å²) in [4.78, 5) is 32.6. The van der Waals surface area contributed by atoms with Crippen molar-refractivity contribution in [3.05, 3.63) is 23.8 Å². The van der Waals surface area contributed by atoms with Gasteiger partial charge in [-0.05, 0) is 75.4 Å². The third-order valence-electron chi connectivity index (χ3n) is 8.79. The monoisotopic (exact) mass is 495 g/mol. The van der Waals surface area contributed by atoms with E-state index in [0.29, 0.717) is 6.42 Å². The van der Waals surface area contributed by atoms with E-state index >= 15 is 0 Å². The molecule has 1 spiro atoms. The van der Waals surface area contributed by atoms with Crippen molar-refractivity contribution in [1.82, 2.24) is 10.2 Å². The fraction of sp³-hybridized carbons (Fsp3) is 0.667. The first-order valence-electron chi connectivity index (χ1n) is 13.1. The molecule has 0 bridgehead atoms. The summed E-state index contributed by atoms with van der Waals surface area (Å²) in [5.41, 5.74) is 3.49. The zero-order chi connectivity index (χ0) is 26.0. The molecule has 1 saturated carbocycles. The number of alkyl carbamates (subject to hydrolysis) is 1. The molecule has 3 heterocycles. The SMILES string of the molecule is COC(=O)N[C@H](C(=O)N1CC2(CC2)C[C@H]1C1=Nc2ccc(B3OC(C)(C)C(C)(C)O3)cc2C1)C(C)C. The van der Waals surface area contributed by atoms with Crippen molar-refractivity contribution in [2.24, 2.45) is 16.3 Å². The van der Waals surface area contributed by atoms with Gasteiger partial charge in [-0.1, -0.05) is 26.0 Å². The quantitative estimate of drug-likeness (QED) is 0.633. The summed E-state index contributed by atoms with van der Waals surface area (Å²) in [6.07, 6.45) is 3.31. The number of likely N-dealkylation sites (tertiary alicyclic amines) is 1. The number of benzene rings is 1. The van der Waals surface area contributed by atoms with Gasteiger partial charge in [-0.15, -0.1) is 0 Å². The highest BCUT2D eigenvalue weighted by molar-refractivity contribution is 6.62. The first-order valence-corrected chi connectivity index (χ1v) is 13.1. The second-order valence-electron chi connectivity index (χ2n) is 12.3. The summed E-state index contributed by atoms with van der Waals surface area (Å²) in [7, 11) is 0.900. The Morgan fingerprint density at radius 2 is 1.83 bits per heavy atom. The van der Waals surface area contributed by atoms with Crippen LogP contribution in [0.25, 0.3) is 0 Å². The van der Waals surface area contributed by atoms with Crippen LogP contribution in [0, 0.1) is 11.3 Å². The van der Waals surface area contributed by atoms with Crippen LogP contribution >= 0.6 is 0 Å². The Morgan fingerprint density at radius 1 is 1.17 bits per heavy atom.